The number of nitriles is 2. The smallest absolute Gasteiger partial charge is 0.160 e. The van der Waals surface area contributed by atoms with Crippen LogP contribution in [0, 0.1) is 22.7 Å². The van der Waals surface area contributed by atoms with Crippen molar-refractivity contribution in [3.05, 3.63) is 254 Å². The quantitative estimate of drug-likeness (QED) is 0.152. The third-order valence-corrected chi connectivity index (χ3v) is 13.8. The first-order valence-electron chi connectivity index (χ1n) is 23.9. The zero-order valence-corrected chi connectivity index (χ0v) is 38.8. The molecule has 0 saturated heterocycles. The van der Waals surface area contributed by atoms with Crippen LogP contribution in [-0.2, 0) is 0 Å². The Morgan fingerprint density at radius 3 is 1.38 bits per heavy atom. The minimum Gasteiger partial charge on any atom is -0.309 e. The summed E-state index contributed by atoms with van der Waals surface area (Å²) in [7, 11) is 0. The normalized spacial score (nSPS) is 11.3. The predicted octanol–water partition coefficient (Wildman–Crippen LogP) is 16.4. The summed E-state index contributed by atoms with van der Waals surface area (Å²) in [6.07, 6.45) is 0. The third-order valence-electron chi connectivity index (χ3n) is 13.8. The van der Waals surface area contributed by atoms with Crippen molar-refractivity contribution in [2.24, 2.45) is 0 Å². The Morgan fingerprint density at radius 1 is 0.306 bits per heavy atom. The van der Waals surface area contributed by atoms with E-state index in [0.717, 1.165) is 106 Å². The van der Waals surface area contributed by atoms with Crippen molar-refractivity contribution in [1.82, 2.24) is 19.1 Å². The molecule has 0 aliphatic rings. The minimum atomic E-state index is 0.609. The van der Waals surface area contributed by atoms with Crippen LogP contribution in [0.1, 0.15) is 11.1 Å². The van der Waals surface area contributed by atoms with Crippen LogP contribution >= 0.6 is 0 Å². The van der Waals surface area contributed by atoms with Gasteiger partial charge in [0.05, 0.1) is 62.4 Å². The van der Waals surface area contributed by atoms with Crippen molar-refractivity contribution in [2.75, 3.05) is 0 Å². The van der Waals surface area contributed by atoms with Crippen LogP contribution in [0.2, 0.25) is 0 Å². The molecule has 0 aliphatic heterocycles. The third kappa shape index (κ3) is 7.27. The van der Waals surface area contributed by atoms with Gasteiger partial charge >= 0.3 is 0 Å². The summed E-state index contributed by atoms with van der Waals surface area (Å²) in [5.74, 6) is 0.653. The summed E-state index contributed by atoms with van der Waals surface area (Å²) in [5, 5.41) is 24.2. The molecule has 0 N–H and O–H groups in total. The Hall–Kier alpha value is -10.1. The van der Waals surface area contributed by atoms with E-state index in [1.807, 2.05) is 72.8 Å². The van der Waals surface area contributed by atoms with Crippen molar-refractivity contribution < 1.29 is 0 Å². The summed E-state index contributed by atoms with van der Waals surface area (Å²) in [6.45, 7) is 0. The molecule has 0 unspecified atom stereocenters. The maximum absolute atomic E-state index is 9.85. The van der Waals surface area contributed by atoms with E-state index < -0.39 is 0 Å². The molecule has 72 heavy (non-hydrogen) atoms. The molecule has 0 spiro atoms. The fourth-order valence-corrected chi connectivity index (χ4v) is 10.4. The first kappa shape index (κ1) is 42.0. The van der Waals surface area contributed by atoms with Crippen LogP contribution < -0.4 is 0 Å². The van der Waals surface area contributed by atoms with E-state index in [9.17, 15) is 10.5 Å². The second-order valence-electron chi connectivity index (χ2n) is 18.0. The molecule has 0 aliphatic carbocycles. The van der Waals surface area contributed by atoms with Gasteiger partial charge in [-0.1, -0.05) is 152 Å². The molecule has 6 heteroatoms. The molecule has 13 rings (SSSR count). The van der Waals surface area contributed by atoms with Gasteiger partial charge in [-0.3, -0.25) is 0 Å². The SMILES string of the molecule is N#Cc1cccc(-c2ccc3c(c2)c2cc(-c4cccc(C#N)c4)ccc2n3-c2ccc(-c3cc(-c4ccccc4)nc(-c4ccccc4)n3)cc2-c2cccc(-n3c4ccccc4c4ccccc43)c2)c1. The van der Waals surface area contributed by atoms with Crippen LogP contribution in [0.15, 0.2) is 243 Å². The highest BCUT2D eigenvalue weighted by atomic mass is 15.0. The van der Waals surface area contributed by atoms with Gasteiger partial charge in [-0.15, -0.1) is 0 Å². The number of nitrogens with zero attached hydrogens (tertiary/aromatic N) is 6. The lowest BCUT2D eigenvalue weighted by molar-refractivity contribution is 1.16. The summed E-state index contributed by atoms with van der Waals surface area (Å²) >= 11 is 0. The second-order valence-corrected chi connectivity index (χ2v) is 18.0. The van der Waals surface area contributed by atoms with Crippen molar-refractivity contribution in [2.45, 2.75) is 0 Å². The maximum Gasteiger partial charge on any atom is 0.160 e. The summed E-state index contributed by atoms with van der Waals surface area (Å²) in [5.41, 5.74) is 18.2. The van der Waals surface area contributed by atoms with Crippen LogP contribution in [0.25, 0.3) is 122 Å². The van der Waals surface area contributed by atoms with Gasteiger partial charge < -0.3 is 9.13 Å². The van der Waals surface area contributed by atoms with E-state index in [1.54, 1.807) is 0 Å². The molecule has 13 aromatic rings. The lowest BCUT2D eigenvalue weighted by atomic mass is 9.97. The summed E-state index contributed by atoms with van der Waals surface area (Å²) < 4.78 is 4.75. The van der Waals surface area contributed by atoms with Gasteiger partial charge in [0.1, 0.15) is 0 Å². The molecule has 10 aromatic carbocycles. The maximum atomic E-state index is 9.85. The van der Waals surface area contributed by atoms with E-state index >= 15 is 0 Å². The molecule has 0 radical (unpaired) electrons. The van der Waals surface area contributed by atoms with Gasteiger partial charge in [-0.05, 0) is 119 Å². The monoisotopic (exact) mass is 916 g/mol. The molecule has 0 fully saturated rings. The highest BCUT2D eigenvalue weighted by molar-refractivity contribution is 6.13. The number of para-hydroxylation sites is 2. The van der Waals surface area contributed by atoms with Gasteiger partial charge in [0.15, 0.2) is 5.82 Å². The molecular formula is C66H40N6. The zero-order valence-electron chi connectivity index (χ0n) is 38.8. The fraction of sp³-hybridized carbons (Fsp3) is 0. The van der Waals surface area contributed by atoms with Crippen LogP contribution in [-0.4, -0.2) is 19.1 Å². The Morgan fingerprint density at radius 2 is 0.778 bits per heavy atom. The van der Waals surface area contributed by atoms with Gasteiger partial charge in [0, 0.05) is 49.5 Å². The molecule has 0 bridgehead atoms. The second kappa shape index (κ2) is 17.4. The number of fused-ring (bicyclic) bond motifs is 6. The highest BCUT2D eigenvalue weighted by Crippen LogP contribution is 2.42. The van der Waals surface area contributed by atoms with Gasteiger partial charge in [-0.25, -0.2) is 9.97 Å². The highest BCUT2D eigenvalue weighted by Gasteiger charge is 2.21. The van der Waals surface area contributed by atoms with Crippen LogP contribution in [0.3, 0.4) is 0 Å². The summed E-state index contributed by atoms with van der Waals surface area (Å²) in [4.78, 5) is 10.4. The first-order chi connectivity index (χ1) is 35.6. The molecule has 334 valence electrons. The number of benzene rings is 10. The van der Waals surface area contributed by atoms with Crippen molar-refractivity contribution in [1.29, 1.82) is 10.5 Å². The number of hydrogen-bond acceptors (Lipinski definition) is 4. The summed E-state index contributed by atoms with van der Waals surface area (Å²) in [6, 6.07) is 88.8. The molecule has 3 aromatic heterocycles. The molecule has 3 heterocycles. The lowest BCUT2D eigenvalue weighted by Gasteiger charge is -2.18. The number of hydrogen-bond donors (Lipinski definition) is 0. The molecule has 6 nitrogen and oxygen atoms in total. The molecular weight excluding hydrogens is 877 g/mol. The van der Waals surface area contributed by atoms with Crippen molar-refractivity contribution in [3.63, 3.8) is 0 Å². The predicted molar refractivity (Wildman–Crippen MR) is 293 cm³/mol. The van der Waals surface area contributed by atoms with E-state index in [-0.39, 0.29) is 0 Å². The Bertz CT molecular complexity index is 4130. The zero-order chi connectivity index (χ0) is 48.1. The molecule has 0 amide bonds. The Kier molecular flexibility index (Phi) is 10.2. The minimum absolute atomic E-state index is 0.609. The topological polar surface area (TPSA) is 83.2 Å². The number of rotatable bonds is 8. The van der Waals surface area contributed by atoms with Gasteiger partial charge in [0.2, 0.25) is 0 Å². The van der Waals surface area contributed by atoms with E-state index in [2.05, 4.69) is 191 Å². The van der Waals surface area contributed by atoms with Gasteiger partial charge in [-0.2, -0.15) is 10.5 Å². The van der Waals surface area contributed by atoms with E-state index in [4.69, 9.17) is 9.97 Å². The largest absolute Gasteiger partial charge is 0.309 e. The fourth-order valence-electron chi connectivity index (χ4n) is 10.4. The number of aromatic nitrogens is 4. The standard InChI is InChI=1S/C66H40N6/c67-41-43-14-11-20-47(34-43)49-28-31-64-57(37-49)58-38-50(48-21-12-15-44(35-48)42-68)29-32-65(58)72(64)63-33-30-52(60-40-59(45-16-3-1-4-17-45)69-66(70-60)46-18-5-2-6-19-46)39-56(63)51-22-13-23-53(36-51)71-61-26-9-7-24-54(61)55-25-8-10-27-62(55)71/h1-40H. The average molecular weight is 917 g/mol. The van der Waals surface area contributed by atoms with E-state index in [0.29, 0.717) is 17.0 Å². The van der Waals surface area contributed by atoms with Crippen molar-refractivity contribution >= 4 is 43.6 Å². The van der Waals surface area contributed by atoms with Crippen LogP contribution in [0.5, 0.6) is 0 Å². The average Bonchev–Trinajstić information content (AvgIpc) is 3.97. The first-order valence-corrected chi connectivity index (χ1v) is 23.9. The van der Waals surface area contributed by atoms with E-state index in [1.165, 1.54) is 10.8 Å². The van der Waals surface area contributed by atoms with Crippen LogP contribution in [0.4, 0.5) is 0 Å². The molecule has 0 saturated carbocycles. The van der Waals surface area contributed by atoms with Gasteiger partial charge in [0.25, 0.3) is 0 Å². The lowest BCUT2D eigenvalue weighted by Crippen LogP contribution is -2.00. The molecule has 0 atom stereocenters. The Balaban J connectivity index is 1.08. The Labute approximate surface area is 415 Å². The van der Waals surface area contributed by atoms with Crippen molar-refractivity contribution in [3.8, 4) is 90.8 Å².